The molecule has 1 aromatic heterocycles. The maximum Gasteiger partial charge on any atom is 0.305 e. The first-order valence-electron chi connectivity index (χ1n) is 5.78. The first kappa shape index (κ1) is 13.9. The summed E-state index contributed by atoms with van der Waals surface area (Å²) in [5, 5.41) is 10.5. The van der Waals surface area contributed by atoms with Gasteiger partial charge >= 0.3 is 5.69 Å². The van der Waals surface area contributed by atoms with Crippen molar-refractivity contribution in [3.63, 3.8) is 0 Å². The van der Waals surface area contributed by atoms with Gasteiger partial charge < -0.3 is 10.5 Å². The van der Waals surface area contributed by atoms with E-state index in [1.165, 1.54) is 6.07 Å². The van der Waals surface area contributed by atoms with Crippen molar-refractivity contribution in [3.8, 4) is 11.6 Å². The summed E-state index contributed by atoms with van der Waals surface area (Å²) in [6.07, 6.45) is 1.56. The highest BCUT2D eigenvalue weighted by atomic mass is 19.1. The third kappa shape index (κ3) is 2.89. The van der Waals surface area contributed by atoms with E-state index in [1.54, 1.807) is 13.1 Å². The summed E-state index contributed by atoms with van der Waals surface area (Å²) in [7, 11) is 0. The van der Waals surface area contributed by atoms with Crippen molar-refractivity contribution in [1.29, 1.82) is 0 Å². The molecule has 20 heavy (non-hydrogen) atoms. The van der Waals surface area contributed by atoms with Crippen molar-refractivity contribution < 1.29 is 14.1 Å². The second-order valence-corrected chi connectivity index (χ2v) is 4.14. The number of nitro groups is 1. The Labute approximate surface area is 114 Å². The number of nitrogens with two attached hydrogens (primary N) is 1. The summed E-state index contributed by atoms with van der Waals surface area (Å²) >= 11 is 0. The summed E-state index contributed by atoms with van der Waals surface area (Å²) in [6, 6.07) is 5.13. The molecule has 0 aliphatic heterocycles. The predicted molar refractivity (Wildman–Crippen MR) is 70.0 cm³/mol. The van der Waals surface area contributed by atoms with E-state index in [2.05, 4.69) is 4.98 Å². The minimum atomic E-state index is -0.955. The van der Waals surface area contributed by atoms with E-state index in [-0.39, 0.29) is 5.75 Å². The Morgan fingerprint density at radius 2 is 2.20 bits per heavy atom. The average Bonchev–Trinajstić information content (AvgIpc) is 2.40. The van der Waals surface area contributed by atoms with Crippen molar-refractivity contribution in [1.82, 2.24) is 4.98 Å². The molecule has 104 valence electrons. The van der Waals surface area contributed by atoms with Gasteiger partial charge in [0.05, 0.1) is 4.92 Å². The number of pyridine rings is 1. The monoisotopic (exact) mass is 277 g/mol. The van der Waals surface area contributed by atoms with Gasteiger partial charge in [0.1, 0.15) is 5.75 Å². The van der Waals surface area contributed by atoms with Crippen LogP contribution < -0.4 is 10.5 Å². The van der Waals surface area contributed by atoms with Gasteiger partial charge in [0.25, 0.3) is 0 Å². The Morgan fingerprint density at radius 1 is 1.45 bits per heavy atom. The molecule has 0 radical (unpaired) electrons. The molecule has 0 fully saturated rings. The van der Waals surface area contributed by atoms with E-state index in [0.29, 0.717) is 12.4 Å². The van der Waals surface area contributed by atoms with Gasteiger partial charge in [-0.1, -0.05) is 0 Å². The number of hydrogen-bond donors (Lipinski definition) is 1. The smallest absolute Gasteiger partial charge is 0.305 e. The van der Waals surface area contributed by atoms with Crippen molar-refractivity contribution in [3.05, 3.63) is 57.5 Å². The fraction of sp³-hybridized carbons (Fsp3) is 0.154. The van der Waals surface area contributed by atoms with Crippen LogP contribution in [-0.4, -0.2) is 9.91 Å². The van der Waals surface area contributed by atoms with Gasteiger partial charge in [0, 0.05) is 30.4 Å². The van der Waals surface area contributed by atoms with Crippen LogP contribution in [-0.2, 0) is 6.54 Å². The second-order valence-electron chi connectivity index (χ2n) is 4.14. The molecule has 0 saturated heterocycles. The van der Waals surface area contributed by atoms with Crippen LogP contribution in [0.3, 0.4) is 0 Å². The molecule has 0 atom stereocenters. The Morgan fingerprint density at radius 3 is 2.75 bits per heavy atom. The van der Waals surface area contributed by atoms with Gasteiger partial charge in [0.2, 0.25) is 11.7 Å². The number of benzene rings is 1. The van der Waals surface area contributed by atoms with Gasteiger partial charge in [-0.2, -0.15) is 4.39 Å². The molecule has 1 aromatic carbocycles. The molecular formula is C13H12FN3O3. The normalized spacial score (nSPS) is 10.3. The third-order valence-corrected chi connectivity index (χ3v) is 2.65. The molecule has 6 nitrogen and oxygen atoms in total. The minimum absolute atomic E-state index is 0.143. The standard InChI is InChI=1S/C13H12FN3O3/c1-8-4-9(6-15)7-16-13(8)20-10-2-3-12(17(18)19)11(14)5-10/h2-5,7H,6,15H2,1H3. The number of ether oxygens (including phenoxy) is 1. The van der Waals surface area contributed by atoms with Crippen LogP contribution in [0.4, 0.5) is 10.1 Å². The van der Waals surface area contributed by atoms with Crippen LogP contribution in [0.15, 0.2) is 30.5 Å². The number of nitrogens with zero attached hydrogens (tertiary/aromatic N) is 2. The molecular weight excluding hydrogens is 265 g/mol. The van der Waals surface area contributed by atoms with Crippen molar-refractivity contribution in [2.45, 2.75) is 13.5 Å². The number of halogens is 1. The van der Waals surface area contributed by atoms with E-state index >= 15 is 0 Å². The summed E-state index contributed by atoms with van der Waals surface area (Å²) < 4.78 is 18.9. The molecule has 2 N–H and O–H groups in total. The minimum Gasteiger partial charge on any atom is -0.439 e. The highest BCUT2D eigenvalue weighted by molar-refractivity contribution is 5.40. The summed E-state index contributed by atoms with van der Waals surface area (Å²) in [5.74, 6) is -0.511. The number of aromatic nitrogens is 1. The molecule has 0 saturated carbocycles. The van der Waals surface area contributed by atoms with Crippen LogP contribution in [0.2, 0.25) is 0 Å². The predicted octanol–water partition coefficient (Wildman–Crippen LogP) is 2.69. The van der Waals surface area contributed by atoms with Crippen LogP contribution in [0.1, 0.15) is 11.1 Å². The number of aryl methyl sites for hydroxylation is 1. The number of rotatable bonds is 4. The van der Waals surface area contributed by atoms with Crippen molar-refractivity contribution >= 4 is 5.69 Å². The lowest BCUT2D eigenvalue weighted by atomic mass is 10.2. The molecule has 0 unspecified atom stereocenters. The largest absolute Gasteiger partial charge is 0.439 e. The van der Waals surface area contributed by atoms with Gasteiger partial charge in [-0.25, -0.2) is 4.98 Å². The van der Waals surface area contributed by atoms with Gasteiger partial charge in [0.15, 0.2) is 0 Å². The van der Waals surface area contributed by atoms with Crippen LogP contribution in [0, 0.1) is 22.9 Å². The zero-order valence-electron chi connectivity index (χ0n) is 10.7. The Bertz CT molecular complexity index is 661. The number of nitro benzene ring substituents is 1. The summed E-state index contributed by atoms with van der Waals surface area (Å²) in [6.45, 7) is 2.14. The first-order chi connectivity index (χ1) is 9.51. The lowest BCUT2D eigenvalue weighted by molar-refractivity contribution is -0.387. The van der Waals surface area contributed by atoms with E-state index in [1.807, 2.05) is 6.07 Å². The molecule has 0 aliphatic carbocycles. The lowest BCUT2D eigenvalue weighted by Gasteiger charge is -2.08. The number of hydrogen-bond acceptors (Lipinski definition) is 5. The van der Waals surface area contributed by atoms with Crippen molar-refractivity contribution in [2.24, 2.45) is 5.73 Å². The molecule has 0 bridgehead atoms. The SMILES string of the molecule is Cc1cc(CN)cnc1Oc1ccc([N+](=O)[O-])c(F)c1. The fourth-order valence-corrected chi connectivity index (χ4v) is 1.65. The Hall–Kier alpha value is -2.54. The molecule has 2 rings (SSSR count). The molecule has 2 aromatic rings. The Balaban J connectivity index is 2.26. The van der Waals surface area contributed by atoms with Gasteiger partial charge in [-0.15, -0.1) is 0 Å². The average molecular weight is 277 g/mol. The van der Waals surface area contributed by atoms with Gasteiger partial charge in [-0.3, -0.25) is 10.1 Å². The van der Waals surface area contributed by atoms with E-state index in [9.17, 15) is 14.5 Å². The fourth-order valence-electron chi connectivity index (χ4n) is 1.65. The third-order valence-electron chi connectivity index (χ3n) is 2.65. The highest BCUT2D eigenvalue weighted by Gasteiger charge is 2.15. The van der Waals surface area contributed by atoms with Crippen molar-refractivity contribution in [2.75, 3.05) is 0 Å². The van der Waals surface area contributed by atoms with E-state index in [0.717, 1.165) is 23.3 Å². The van der Waals surface area contributed by atoms with Crippen LogP contribution in [0.25, 0.3) is 0 Å². The Kier molecular flexibility index (Phi) is 3.90. The first-order valence-corrected chi connectivity index (χ1v) is 5.78. The summed E-state index contributed by atoms with van der Waals surface area (Å²) in [5.41, 5.74) is 6.49. The highest BCUT2D eigenvalue weighted by Crippen LogP contribution is 2.27. The van der Waals surface area contributed by atoms with Crippen LogP contribution >= 0.6 is 0 Å². The molecule has 0 spiro atoms. The van der Waals surface area contributed by atoms with Gasteiger partial charge in [-0.05, 0) is 24.6 Å². The van der Waals surface area contributed by atoms with E-state index < -0.39 is 16.4 Å². The molecule has 0 aliphatic rings. The summed E-state index contributed by atoms with van der Waals surface area (Å²) in [4.78, 5) is 13.8. The second kappa shape index (κ2) is 5.62. The van der Waals surface area contributed by atoms with E-state index in [4.69, 9.17) is 10.5 Å². The molecule has 7 heteroatoms. The quantitative estimate of drug-likeness (QED) is 0.685. The molecule has 1 heterocycles. The van der Waals surface area contributed by atoms with Crippen LogP contribution in [0.5, 0.6) is 11.6 Å². The maximum atomic E-state index is 13.5. The molecule has 0 amide bonds. The zero-order chi connectivity index (χ0) is 14.7. The topological polar surface area (TPSA) is 91.3 Å². The zero-order valence-corrected chi connectivity index (χ0v) is 10.7. The lowest BCUT2D eigenvalue weighted by Crippen LogP contribution is -2.00. The maximum absolute atomic E-state index is 13.5.